The van der Waals surface area contributed by atoms with Crippen LogP contribution in [0.15, 0.2) is 0 Å². The first kappa shape index (κ1) is 12.5. The van der Waals surface area contributed by atoms with Gasteiger partial charge in [-0.1, -0.05) is 44.9 Å². The van der Waals surface area contributed by atoms with Gasteiger partial charge in [0, 0.05) is 6.42 Å². The van der Waals surface area contributed by atoms with Gasteiger partial charge in [0.2, 0.25) is 0 Å². The van der Waals surface area contributed by atoms with Crippen LogP contribution in [0, 0.1) is 5.92 Å². The van der Waals surface area contributed by atoms with E-state index in [-0.39, 0.29) is 5.97 Å². The van der Waals surface area contributed by atoms with Gasteiger partial charge in [-0.2, -0.15) is 0 Å². The van der Waals surface area contributed by atoms with E-state index in [0.717, 1.165) is 12.3 Å². The van der Waals surface area contributed by atoms with E-state index in [1.165, 1.54) is 44.9 Å². The molecule has 0 unspecified atom stereocenters. The number of carbonyl (C=O) groups is 1. The average Bonchev–Trinajstić information content (AvgIpc) is 2.16. The second-order valence-corrected chi connectivity index (χ2v) is 4.55. The minimum absolute atomic E-state index is 0.0143. The molecule has 0 saturated heterocycles. The molecule has 0 N–H and O–H groups in total. The van der Waals surface area contributed by atoms with Gasteiger partial charge >= 0.3 is 5.97 Å². The summed E-state index contributed by atoms with van der Waals surface area (Å²) in [5.41, 5.74) is 0. The first-order valence-electron chi connectivity index (χ1n) is 6.48. The third-order valence-corrected chi connectivity index (χ3v) is 3.29. The Morgan fingerprint density at radius 2 is 1.73 bits per heavy atom. The second-order valence-electron chi connectivity index (χ2n) is 4.55. The predicted molar refractivity (Wildman–Crippen MR) is 61.7 cm³/mol. The van der Waals surface area contributed by atoms with E-state index in [9.17, 15) is 4.79 Å². The van der Waals surface area contributed by atoms with E-state index >= 15 is 0 Å². The quantitative estimate of drug-likeness (QED) is 0.664. The number of hydrogen-bond acceptors (Lipinski definition) is 2. The zero-order chi connectivity index (χ0) is 10.9. The first-order chi connectivity index (χ1) is 7.33. The highest BCUT2D eigenvalue weighted by molar-refractivity contribution is 5.69. The number of carbonyl (C=O) groups excluding carboxylic acids is 1. The van der Waals surface area contributed by atoms with Crippen molar-refractivity contribution < 1.29 is 9.53 Å². The SMILES string of the molecule is CCOC(=O)CCC1CCCCCCC1. The molecule has 1 saturated carbocycles. The number of rotatable bonds is 4. The van der Waals surface area contributed by atoms with Crippen LogP contribution in [0.3, 0.4) is 0 Å². The maximum Gasteiger partial charge on any atom is 0.305 e. The normalized spacial score (nSPS) is 19.3. The molecule has 1 aliphatic carbocycles. The van der Waals surface area contributed by atoms with Crippen LogP contribution in [-0.2, 0) is 9.53 Å². The molecule has 0 aromatic rings. The summed E-state index contributed by atoms with van der Waals surface area (Å²) in [5.74, 6) is 0.759. The molecule has 1 aliphatic rings. The summed E-state index contributed by atoms with van der Waals surface area (Å²) in [7, 11) is 0. The van der Waals surface area contributed by atoms with Crippen molar-refractivity contribution in [3.63, 3.8) is 0 Å². The summed E-state index contributed by atoms with van der Waals surface area (Å²) in [4.78, 5) is 11.2. The molecule has 0 heterocycles. The summed E-state index contributed by atoms with van der Waals surface area (Å²) < 4.78 is 4.95. The molecule has 88 valence electrons. The summed E-state index contributed by atoms with van der Waals surface area (Å²) in [5, 5.41) is 0. The van der Waals surface area contributed by atoms with Gasteiger partial charge in [0.05, 0.1) is 6.61 Å². The summed E-state index contributed by atoms with van der Waals surface area (Å²) >= 11 is 0. The summed E-state index contributed by atoms with van der Waals surface area (Å²) in [6, 6.07) is 0. The maximum atomic E-state index is 11.2. The lowest BCUT2D eigenvalue weighted by Gasteiger charge is -2.18. The molecule has 0 amide bonds. The molecule has 15 heavy (non-hydrogen) atoms. The Balaban J connectivity index is 2.14. The monoisotopic (exact) mass is 212 g/mol. The number of ether oxygens (including phenoxy) is 1. The fourth-order valence-electron chi connectivity index (χ4n) is 2.38. The van der Waals surface area contributed by atoms with Gasteiger partial charge in [-0.15, -0.1) is 0 Å². The Labute approximate surface area is 93.4 Å². The van der Waals surface area contributed by atoms with Crippen molar-refractivity contribution in [3.8, 4) is 0 Å². The molecule has 1 fully saturated rings. The van der Waals surface area contributed by atoms with Crippen molar-refractivity contribution in [1.82, 2.24) is 0 Å². The van der Waals surface area contributed by atoms with Crippen molar-refractivity contribution in [2.24, 2.45) is 5.92 Å². The van der Waals surface area contributed by atoms with Gasteiger partial charge in [-0.3, -0.25) is 4.79 Å². The van der Waals surface area contributed by atoms with Gasteiger partial charge in [0.1, 0.15) is 0 Å². The lowest BCUT2D eigenvalue weighted by atomic mass is 9.88. The smallest absolute Gasteiger partial charge is 0.305 e. The van der Waals surface area contributed by atoms with Gasteiger partial charge in [-0.25, -0.2) is 0 Å². The van der Waals surface area contributed by atoms with Crippen LogP contribution in [0.25, 0.3) is 0 Å². The molecule has 0 atom stereocenters. The van der Waals surface area contributed by atoms with Crippen molar-refractivity contribution in [2.45, 2.75) is 64.7 Å². The molecule has 2 heteroatoms. The second kappa shape index (κ2) is 7.72. The topological polar surface area (TPSA) is 26.3 Å². The number of hydrogen-bond donors (Lipinski definition) is 0. The zero-order valence-electron chi connectivity index (χ0n) is 9.96. The molecular formula is C13H24O2. The summed E-state index contributed by atoms with van der Waals surface area (Å²) in [6.07, 6.45) is 11.2. The van der Waals surface area contributed by atoms with Crippen LogP contribution in [0.4, 0.5) is 0 Å². The number of esters is 1. The minimum Gasteiger partial charge on any atom is -0.466 e. The van der Waals surface area contributed by atoms with Crippen LogP contribution >= 0.6 is 0 Å². The van der Waals surface area contributed by atoms with E-state index in [2.05, 4.69) is 0 Å². The average molecular weight is 212 g/mol. The predicted octanol–water partition coefficient (Wildman–Crippen LogP) is 3.69. The fraction of sp³-hybridized carbons (Fsp3) is 0.923. The Kier molecular flexibility index (Phi) is 6.45. The molecule has 0 radical (unpaired) electrons. The largest absolute Gasteiger partial charge is 0.466 e. The Morgan fingerprint density at radius 1 is 1.13 bits per heavy atom. The van der Waals surface area contributed by atoms with Crippen molar-refractivity contribution in [2.75, 3.05) is 6.61 Å². The standard InChI is InChI=1S/C13H24O2/c1-2-15-13(14)11-10-12-8-6-4-3-5-7-9-12/h12H,2-11H2,1H3. The molecular weight excluding hydrogens is 188 g/mol. The molecule has 0 bridgehead atoms. The highest BCUT2D eigenvalue weighted by Gasteiger charge is 2.13. The van der Waals surface area contributed by atoms with E-state index in [1.54, 1.807) is 0 Å². The fourth-order valence-corrected chi connectivity index (χ4v) is 2.38. The van der Waals surface area contributed by atoms with Gasteiger partial charge in [-0.05, 0) is 19.3 Å². The van der Waals surface area contributed by atoms with Crippen LogP contribution in [0.1, 0.15) is 64.7 Å². The first-order valence-corrected chi connectivity index (χ1v) is 6.48. The molecule has 0 aliphatic heterocycles. The Bertz CT molecular complexity index is 169. The van der Waals surface area contributed by atoms with Crippen molar-refractivity contribution >= 4 is 5.97 Å². The molecule has 2 nitrogen and oxygen atoms in total. The molecule has 1 rings (SSSR count). The zero-order valence-corrected chi connectivity index (χ0v) is 9.96. The van der Waals surface area contributed by atoms with E-state index in [0.29, 0.717) is 13.0 Å². The Morgan fingerprint density at radius 3 is 2.33 bits per heavy atom. The maximum absolute atomic E-state index is 11.2. The molecule has 0 spiro atoms. The minimum atomic E-state index is -0.0143. The highest BCUT2D eigenvalue weighted by atomic mass is 16.5. The third-order valence-electron chi connectivity index (χ3n) is 3.29. The van der Waals surface area contributed by atoms with Crippen LogP contribution < -0.4 is 0 Å². The van der Waals surface area contributed by atoms with Gasteiger partial charge < -0.3 is 4.74 Å². The van der Waals surface area contributed by atoms with Crippen LogP contribution in [0.2, 0.25) is 0 Å². The van der Waals surface area contributed by atoms with Crippen LogP contribution in [0.5, 0.6) is 0 Å². The Hall–Kier alpha value is -0.530. The van der Waals surface area contributed by atoms with E-state index < -0.39 is 0 Å². The third kappa shape index (κ3) is 5.81. The molecule has 0 aromatic heterocycles. The van der Waals surface area contributed by atoms with Crippen molar-refractivity contribution in [3.05, 3.63) is 0 Å². The van der Waals surface area contributed by atoms with Gasteiger partial charge in [0.15, 0.2) is 0 Å². The van der Waals surface area contributed by atoms with Gasteiger partial charge in [0.25, 0.3) is 0 Å². The van der Waals surface area contributed by atoms with E-state index in [4.69, 9.17) is 4.74 Å². The van der Waals surface area contributed by atoms with Crippen LogP contribution in [-0.4, -0.2) is 12.6 Å². The van der Waals surface area contributed by atoms with E-state index in [1.807, 2.05) is 6.92 Å². The molecule has 0 aromatic carbocycles. The summed E-state index contributed by atoms with van der Waals surface area (Å²) in [6.45, 7) is 2.39. The lowest BCUT2D eigenvalue weighted by molar-refractivity contribution is -0.143. The van der Waals surface area contributed by atoms with Crippen molar-refractivity contribution in [1.29, 1.82) is 0 Å². The highest BCUT2D eigenvalue weighted by Crippen LogP contribution is 2.25. The lowest BCUT2D eigenvalue weighted by Crippen LogP contribution is -2.09.